The zero-order valence-electron chi connectivity index (χ0n) is 33.5. The molecule has 22 heteroatoms. The minimum Gasteiger partial charge on any atom is -0.470 e. The van der Waals surface area contributed by atoms with Crippen molar-refractivity contribution in [2.45, 2.75) is 160 Å². The van der Waals surface area contributed by atoms with E-state index in [1.165, 1.54) is 0 Å². The van der Waals surface area contributed by atoms with Gasteiger partial charge in [0.1, 0.15) is 29.0 Å². The average molecular weight is 840 g/mol. The summed E-state index contributed by atoms with van der Waals surface area (Å²) in [6.45, 7) is 14.8. The third-order valence-corrected chi connectivity index (χ3v) is 9.29. The van der Waals surface area contributed by atoms with Gasteiger partial charge in [0, 0.05) is 13.2 Å². The molecule has 0 radical (unpaired) electrons. The first-order chi connectivity index (χ1) is 26.3. The molecule has 322 valence electrons. The van der Waals surface area contributed by atoms with Crippen molar-refractivity contribution in [3.8, 4) is 5.88 Å². The van der Waals surface area contributed by atoms with Gasteiger partial charge in [0.05, 0.1) is 12.9 Å². The van der Waals surface area contributed by atoms with Gasteiger partial charge in [-0.2, -0.15) is 31.6 Å². The van der Waals surface area contributed by atoms with E-state index in [1.807, 2.05) is 0 Å². The van der Waals surface area contributed by atoms with Crippen molar-refractivity contribution in [3.05, 3.63) is 6.33 Å². The van der Waals surface area contributed by atoms with E-state index in [2.05, 4.69) is 15.0 Å². The zero-order chi connectivity index (χ0) is 42.1. The number of alkyl halides is 3. The molecule has 0 aliphatic carbocycles. The van der Waals surface area contributed by atoms with Crippen molar-refractivity contribution in [1.29, 1.82) is 0 Å². The van der Waals surface area contributed by atoms with Gasteiger partial charge in [-0.25, -0.2) is 14.6 Å². The first-order valence-corrected chi connectivity index (χ1v) is 20.1. The van der Waals surface area contributed by atoms with E-state index in [-0.39, 0.29) is 23.7 Å². The lowest BCUT2D eigenvalue weighted by Gasteiger charge is -2.31. The minimum absolute atomic E-state index is 0.105. The quantitative estimate of drug-likeness (QED) is 0.192. The summed E-state index contributed by atoms with van der Waals surface area (Å²) in [7, 11) is -6.29. The Morgan fingerprint density at radius 2 is 1.42 bits per heavy atom. The molecule has 3 fully saturated rings. The van der Waals surface area contributed by atoms with Crippen LogP contribution in [0.5, 0.6) is 5.88 Å². The molecule has 5 heterocycles. The van der Waals surface area contributed by atoms with Crippen LogP contribution >= 0.6 is 0 Å². The summed E-state index contributed by atoms with van der Waals surface area (Å²) in [5.41, 5.74) is -9.41. The number of nitrogens with zero attached hydrogens (tertiary/aromatic N) is 5. The number of imidazole rings is 1. The predicted molar refractivity (Wildman–Crippen MR) is 192 cm³/mol. The zero-order valence-corrected chi connectivity index (χ0v) is 34.3. The van der Waals surface area contributed by atoms with Gasteiger partial charge >= 0.3 is 27.8 Å². The summed E-state index contributed by atoms with van der Waals surface area (Å²) in [5, 5.41) is 0. The van der Waals surface area contributed by atoms with Crippen LogP contribution in [-0.2, 0) is 47.5 Å². The fraction of sp³-hybridized carbons (Fsp3) is 0.800. The number of fused-ring (bicyclic) bond motifs is 1. The molecule has 3 saturated heterocycles. The van der Waals surface area contributed by atoms with Gasteiger partial charge in [-0.1, -0.05) is 0 Å². The molecule has 3 unspecified atom stereocenters. The van der Waals surface area contributed by atoms with E-state index in [0.717, 1.165) is 23.7 Å². The van der Waals surface area contributed by atoms with Gasteiger partial charge in [0.25, 0.3) is 0 Å². The number of hydrogen-bond donors (Lipinski definition) is 0. The third-order valence-electron chi connectivity index (χ3n) is 8.24. The number of halogens is 3. The Morgan fingerprint density at radius 3 is 1.93 bits per heavy atom. The highest BCUT2D eigenvalue weighted by atomic mass is 32.2. The van der Waals surface area contributed by atoms with E-state index >= 15 is 0 Å². The monoisotopic (exact) mass is 839 g/mol. The Bertz CT molecular complexity index is 1800. The summed E-state index contributed by atoms with van der Waals surface area (Å²) >= 11 is 0. The molecule has 2 aromatic rings. The number of carbonyl (C=O) groups excluding carboxylic acids is 2. The van der Waals surface area contributed by atoms with Crippen LogP contribution < -0.4 is 9.64 Å². The summed E-state index contributed by atoms with van der Waals surface area (Å²) < 4.78 is 121. The normalized spacial score (nSPS) is 25.3. The molecule has 2 aromatic heterocycles. The second kappa shape index (κ2) is 17.1. The van der Waals surface area contributed by atoms with Crippen molar-refractivity contribution < 1.29 is 73.3 Å². The molecule has 57 heavy (non-hydrogen) atoms. The number of carbonyl (C=O) groups is 2. The molecule has 0 aromatic carbocycles. The van der Waals surface area contributed by atoms with Crippen molar-refractivity contribution >= 4 is 39.4 Å². The fourth-order valence-electron chi connectivity index (χ4n) is 5.95. The van der Waals surface area contributed by atoms with Gasteiger partial charge in [-0.15, -0.1) is 4.90 Å². The maximum Gasteiger partial charge on any atom is 0.523 e. The number of hydrogen-bond acceptors (Lipinski definition) is 16. The number of amides is 2. The van der Waals surface area contributed by atoms with Crippen LogP contribution in [-0.4, -0.2) is 113 Å². The largest absolute Gasteiger partial charge is 0.523 e. The van der Waals surface area contributed by atoms with Crippen molar-refractivity contribution in [1.82, 2.24) is 19.5 Å². The Balaban J connectivity index is 1.68. The minimum atomic E-state index is -6.29. The molecule has 18 nitrogen and oxygen atoms in total. The number of imide groups is 1. The topological polar surface area (TPSA) is 198 Å². The highest BCUT2D eigenvalue weighted by molar-refractivity contribution is 7.87. The van der Waals surface area contributed by atoms with E-state index in [4.69, 9.17) is 42.1 Å². The molecule has 6 atom stereocenters. The second-order valence-electron chi connectivity index (χ2n) is 16.7. The first kappa shape index (κ1) is 44.7. The van der Waals surface area contributed by atoms with Gasteiger partial charge in [0.15, 0.2) is 36.1 Å². The third kappa shape index (κ3) is 11.6. The van der Waals surface area contributed by atoms with Crippen molar-refractivity contribution in [2.75, 3.05) is 24.7 Å². The Kier molecular flexibility index (Phi) is 13.4. The number of rotatable bonds is 10. The van der Waals surface area contributed by atoms with Crippen LogP contribution in [0.2, 0.25) is 0 Å². The lowest BCUT2D eigenvalue weighted by atomic mass is 10.1. The predicted octanol–water partition coefficient (Wildman–Crippen LogP) is 6.27. The Labute approximate surface area is 329 Å². The molecule has 3 aliphatic rings. The number of anilines is 1. The van der Waals surface area contributed by atoms with Crippen LogP contribution in [0.4, 0.5) is 28.7 Å². The van der Waals surface area contributed by atoms with Crippen LogP contribution in [0, 0.1) is 0 Å². The van der Waals surface area contributed by atoms with Crippen LogP contribution in [0.3, 0.4) is 0 Å². The van der Waals surface area contributed by atoms with Crippen molar-refractivity contribution in [2.24, 2.45) is 0 Å². The molecule has 0 bridgehead atoms. The highest BCUT2D eigenvalue weighted by Gasteiger charge is 2.56. The molecule has 5 rings (SSSR count). The molecule has 2 amide bonds. The first-order valence-electron chi connectivity index (χ1n) is 18.7. The second-order valence-corrected chi connectivity index (χ2v) is 18.3. The summed E-state index contributed by atoms with van der Waals surface area (Å²) in [5.74, 6) is -0.905. The summed E-state index contributed by atoms with van der Waals surface area (Å²) in [4.78, 5) is 40.9. The Hall–Kier alpha value is -3.41. The smallest absolute Gasteiger partial charge is 0.470 e. The summed E-state index contributed by atoms with van der Waals surface area (Å²) in [6, 6.07) is 0. The SMILES string of the molecule is CC(C)(C)OC(=O)N(C(=O)OC(C)(C)C)c1nc(OC(C)(C)C)c2ncn(C3O[C@H](COC4CCCCO4)[C@@H](OC4CCCCO4)[C@H]3OS(=O)(=O)C(F)(F)F)c2n1. The van der Waals surface area contributed by atoms with Crippen molar-refractivity contribution in [3.63, 3.8) is 0 Å². The van der Waals surface area contributed by atoms with Crippen LogP contribution in [0.15, 0.2) is 6.33 Å². The lowest BCUT2D eigenvalue weighted by Crippen LogP contribution is -2.45. The van der Waals surface area contributed by atoms with Crippen LogP contribution in [0.25, 0.3) is 11.2 Å². The van der Waals surface area contributed by atoms with E-state index in [1.54, 1.807) is 62.3 Å². The summed E-state index contributed by atoms with van der Waals surface area (Å²) in [6.07, 6.45) is -5.75. The number of ether oxygens (including phenoxy) is 8. The molecule has 0 spiro atoms. The maximum atomic E-state index is 14.0. The number of aromatic nitrogens is 4. The fourth-order valence-corrected chi connectivity index (χ4v) is 6.56. The van der Waals surface area contributed by atoms with E-state index in [9.17, 15) is 31.2 Å². The van der Waals surface area contributed by atoms with Gasteiger partial charge < -0.3 is 37.9 Å². The standard InChI is InChI=1S/C35H52F3N5O13S/c1-32(2,3)53-27-23-26(40-29(41-27)43(30(44)54-33(4,5)6)31(45)55-34(7,8)9)42(19-39-23)28-25(56-57(46,47)35(36,37)38)24(52-22-15-11-13-17-49-22)20(51-28)18-50-21-14-10-12-16-48-21/h19-22,24-25,28H,10-18H2,1-9H3/t20-,21?,22?,24-,25-,28?/m1/s1. The molecular weight excluding hydrogens is 787 g/mol. The molecule has 0 N–H and O–H groups in total. The Morgan fingerprint density at radius 1 is 0.842 bits per heavy atom. The molecule has 0 saturated carbocycles. The maximum absolute atomic E-state index is 14.0. The van der Waals surface area contributed by atoms with E-state index < -0.39 is 87.7 Å². The average Bonchev–Trinajstić information content (AvgIpc) is 3.63. The van der Waals surface area contributed by atoms with Crippen LogP contribution in [0.1, 0.15) is 107 Å². The van der Waals surface area contributed by atoms with E-state index in [0.29, 0.717) is 43.8 Å². The lowest BCUT2D eigenvalue weighted by molar-refractivity contribution is -0.222. The van der Waals surface area contributed by atoms with Gasteiger partial charge in [-0.05, 0) is 101 Å². The van der Waals surface area contributed by atoms with Gasteiger partial charge in [-0.3, -0.25) is 8.75 Å². The highest BCUT2D eigenvalue weighted by Crippen LogP contribution is 2.41. The van der Waals surface area contributed by atoms with Gasteiger partial charge in [0.2, 0.25) is 11.8 Å². The molecular formula is C35H52F3N5O13S. The molecule has 3 aliphatic heterocycles.